The Hall–Kier alpha value is -2.36. The smallest absolute Gasteiger partial charge is 0.267 e. The fraction of sp³-hybridized carbons (Fsp3) is 0.350. The SMILES string of the molecule is COc1ccccc1-n1c(SCC(N)=O)nc2sc3c(c2c1=O)CC(C)(C)OC3. The molecule has 7 nitrogen and oxygen atoms in total. The van der Waals surface area contributed by atoms with Crippen LogP contribution >= 0.6 is 23.1 Å². The van der Waals surface area contributed by atoms with Gasteiger partial charge in [-0.25, -0.2) is 4.98 Å². The number of thioether (sulfide) groups is 1. The molecule has 0 bridgehead atoms. The van der Waals surface area contributed by atoms with Crippen molar-refractivity contribution >= 4 is 39.2 Å². The summed E-state index contributed by atoms with van der Waals surface area (Å²) in [5, 5.41) is 1.01. The van der Waals surface area contributed by atoms with Gasteiger partial charge in [0.25, 0.3) is 5.56 Å². The Bertz CT molecular complexity index is 1170. The Morgan fingerprint density at radius 2 is 2.17 bits per heavy atom. The number of primary amides is 1. The number of carbonyl (C=O) groups excluding carboxylic acids is 1. The molecule has 29 heavy (non-hydrogen) atoms. The second-order valence-electron chi connectivity index (χ2n) is 7.37. The highest BCUT2D eigenvalue weighted by Crippen LogP contribution is 2.38. The maximum atomic E-state index is 13.7. The molecule has 0 unspecified atom stereocenters. The summed E-state index contributed by atoms with van der Waals surface area (Å²) in [4.78, 5) is 31.5. The molecule has 1 aromatic carbocycles. The van der Waals surface area contributed by atoms with Crippen LogP contribution in [0.25, 0.3) is 15.9 Å². The van der Waals surface area contributed by atoms with Crippen LogP contribution in [0.3, 0.4) is 0 Å². The molecule has 9 heteroatoms. The van der Waals surface area contributed by atoms with Crippen molar-refractivity contribution < 1.29 is 14.3 Å². The standard InChI is InChI=1S/C20H21N3O4S2/c1-20(2)8-11-14(9-27-20)29-17-16(11)18(25)23(19(22-17)28-10-15(21)24)12-6-4-5-7-13(12)26-3/h4-7H,8-10H2,1-3H3,(H2,21,24). The molecule has 0 spiro atoms. The van der Waals surface area contributed by atoms with Crippen molar-refractivity contribution in [2.24, 2.45) is 5.73 Å². The van der Waals surface area contributed by atoms with E-state index in [9.17, 15) is 9.59 Å². The van der Waals surface area contributed by atoms with Gasteiger partial charge >= 0.3 is 0 Å². The first kappa shape index (κ1) is 19.9. The summed E-state index contributed by atoms with van der Waals surface area (Å²) in [7, 11) is 1.55. The van der Waals surface area contributed by atoms with Crippen molar-refractivity contribution in [3.63, 3.8) is 0 Å². The number of para-hydroxylation sites is 2. The molecule has 0 radical (unpaired) electrons. The minimum absolute atomic E-state index is 0.0222. The van der Waals surface area contributed by atoms with Gasteiger partial charge in [-0.05, 0) is 31.5 Å². The van der Waals surface area contributed by atoms with Gasteiger partial charge in [0.2, 0.25) is 5.91 Å². The number of fused-ring (bicyclic) bond motifs is 3. The van der Waals surface area contributed by atoms with Gasteiger partial charge in [0.15, 0.2) is 5.16 Å². The van der Waals surface area contributed by atoms with E-state index in [-0.39, 0.29) is 16.9 Å². The highest BCUT2D eigenvalue weighted by molar-refractivity contribution is 7.99. The van der Waals surface area contributed by atoms with Crippen LogP contribution in [0, 0.1) is 0 Å². The molecule has 0 atom stereocenters. The van der Waals surface area contributed by atoms with Gasteiger partial charge < -0.3 is 15.2 Å². The molecule has 3 aromatic rings. The maximum Gasteiger partial charge on any atom is 0.267 e. The van der Waals surface area contributed by atoms with Crippen molar-refractivity contribution in [2.75, 3.05) is 12.9 Å². The van der Waals surface area contributed by atoms with Gasteiger partial charge in [-0.1, -0.05) is 23.9 Å². The monoisotopic (exact) mass is 431 g/mol. The van der Waals surface area contributed by atoms with Gasteiger partial charge in [0, 0.05) is 11.3 Å². The van der Waals surface area contributed by atoms with Crippen LogP contribution in [0.1, 0.15) is 24.3 Å². The summed E-state index contributed by atoms with van der Waals surface area (Å²) in [6.45, 7) is 4.49. The van der Waals surface area contributed by atoms with Gasteiger partial charge in [0.05, 0.1) is 36.1 Å². The summed E-state index contributed by atoms with van der Waals surface area (Å²) in [6.07, 6.45) is 0.638. The molecule has 2 N–H and O–H groups in total. The van der Waals surface area contributed by atoms with Crippen LogP contribution in [0.15, 0.2) is 34.2 Å². The number of nitrogens with two attached hydrogens (primary N) is 1. The van der Waals surface area contributed by atoms with Gasteiger partial charge in [0.1, 0.15) is 10.6 Å². The zero-order valence-electron chi connectivity index (χ0n) is 16.4. The van der Waals surface area contributed by atoms with Crippen LogP contribution in [0.2, 0.25) is 0 Å². The van der Waals surface area contributed by atoms with E-state index in [0.29, 0.717) is 39.8 Å². The lowest BCUT2D eigenvalue weighted by molar-refractivity contribution is -0.115. The Balaban J connectivity index is 2.01. The molecule has 2 aromatic heterocycles. The van der Waals surface area contributed by atoms with Crippen LogP contribution in [0.5, 0.6) is 5.75 Å². The van der Waals surface area contributed by atoms with Crippen LogP contribution in [0.4, 0.5) is 0 Å². The molecule has 0 saturated heterocycles. The fourth-order valence-corrected chi connectivity index (χ4v) is 5.32. The van der Waals surface area contributed by atoms with Crippen molar-refractivity contribution in [3.8, 4) is 11.4 Å². The molecule has 0 fully saturated rings. The van der Waals surface area contributed by atoms with E-state index in [1.807, 2.05) is 26.0 Å². The summed E-state index contributed by atoms with van der Waals surface area (Å²) in [5.41, 5.74) is 6.38. The van der Waals surface area contributed by atoms with Crippen molar-refractivity contribution in [1.29, 1.82) is 0 Å². The molecule has 1 aliphatic rings. The quantitative estimate of drug-likeness (QED) is 0.493. The molecule has 3 heterocycles. The number of nitrogens with zero attached hydrogens (tertiary/aromatic N) is 2. The lowest BCUT2D eigenvalue weighted by Crippen LogP contribution is -2.32. The highest BCUT2D eigenvalue weighted by atomic mass is 32.2. The number of rotatable bonds is 5. The Morgan fingerprint density at radius 1 is 1.41 bits per heavy atom. The Kier molecular flexibility index (Phi) is 5.14. The molecular weight excluding hydrogens is 410 g/mol. The van der Waals surface area contributed by atoms with Gasteiger partial charge in [-0.3, -0.25) is 14.2 Å². The van der Waals surface area contributed by atoms with Crippen LogP contribution < -0.4 is 16.0 Å². The number of hydrogen-bond donors (Lipinski definition) is 1. The van der Waals surface area contributed by atoms with E-state index in [2.05, 4.69) is 0 Å². The van der Waals surface area contributed by atoms with E-state index >= 15 is 0 Å². The summed E-state index contributed by atoms with van der Waals surface area (Å²) >= 11 is 2.61. The van der Waals surface area contributed by atoms with Crippen molar-refractivity contribution in [2.45, 2.75) is 37.6 Å². The first-order chi connectivity index (χ1) is 13.8. The Morgan fingerprint density at radius 3 is 2.90 bits per heavy atom. The number of methoxy groups -OCH3 is 1. The largest absolute Gasteiger partial charge is 0.495 e. The first-order valence-corrected chi connectivity index (χ1v) is 10.9. The van der Waals surface area contributed by atoms with Gasteiger partial charge in [-0.15, -0.1) is 11.3 Å². The number of aromatic nitrogens is 2. The second-order valence-corrected chi connectivity index (χ2v) is 9.40. The van der Waals surface area contributed by atoms with E-state index in [1.165, 1.54) is 15.9 Å². The van der Waals surface area contributed by atoms with E-state index < -0.39 is 5.91 Å². The minimum Gasteiger partial charge on any atom is -0.495 e. The third kappa shape index (κ3) is 3.65. The summed E-state index contributed by atoms with van der Waals surface area (Å²) in [6, 6.07) is 7.25. The average Bonchev–Trinajstić information content (AvgIpc) is 3.03. The number of carbonyl (C=O) groups is 1. The zero-order chi connectivity index (χ0) is 20.8. The number of benzene rings is 1. The highest BCUT2D eigenvalue weighted by Gasteiger charge is 2.31. The van der Waals surface area contributed by atoms with E-state index in [4.69, 9.17) is 20.2 Å². The lowest BCUT2D eigenvalue weighted by Gasteiger charge is -2.30. The van der Waals surface area contributed by atoms with Crippen LogP contribution in [-0.4, -0.2) is 33.9 Å². The molecule has 1 amide bonds. The molecule has 0 aliphatic carbocycles. The molecule has 1 aliphatic heterocycles. The van der Waals surface area contributed by atoms with Crippen molar-refractivity contribution in [1.82, 2.24) is 9.55 Å². The fourth-order valence-electron chi connectivity index (χ4n) is 3.43. The third-order valence-corrected chi connectivity index (χ3v) is 6.80. The Labute approximate surface area is 175 Å². The molecule has 4 rings (SSSR count). The van der Waals surface area contributed by atoms with Crippen molar-refractivity contribution in [3.05, 3.63) is 45.1 Å². The van der Waals surface area contributed by atoms with Crippen LogP contribution in [-0.2, 0) is 22.6 Å². The number of amides is 1. The minimum atomic E-state index is -0.475. The topological polar surface area (TPSA) is 96.4 Å². The maximum absolute atomic E-state index is 13.7. The summed E-state index contributed by atoms with van der Waals surface area (Å²) in [5.74, 6) is 0.0925. The number of thiophene rings is 1. The molecule has 152 valence electrons. The van der Waals surface area contributed by atoms with Gasteiger partial charge in [-0.2, -0.15) is 0 Å². The number of hydrogen-bond acceptors (Lipinski definition) is 7. The third-order valence-electron chi connectivity index (χ3n) is 4.74. The first-order valence-electron chi connectivity index (χ1n) is 9.06. The predicted octanol–water partition coefficient (Wildman–Crippen LogP) is 2.88. The zero-order valence-corrected chi connectivity index (χ0v) is 18.0. The second kappa shape index (κ2) is 7.47. The average molecular weight is 432 g/mol. The summed E-state index contributed by atoms with van der Waals surface area (Å²) < 4.78 is 12.9. The number of ether oxygens (including phenoxy) is 2. The molecular formula is C20H21N3O4S2. The lowest BCUT2D eigenvalue weighted by atomic mass is 9.94. The van der Waals surface area contributed by atoms with E-state index in [1.54, 1.807) is 19.2 Å². The van der Waals surface area contributed by atoms with E-state index in [0.717, 1.165) is 22.2 Å². The normalized spacial score (nSPS) is 15.3. The predicted molar refractivity (Wildman–Crippen MR) is 114 cm³/mol. The molecule has 0 saturated carbocycles.